The van der Waals surface area contributed by atoms with Crippen molar-refractivity contribution in [3.63, 3.8) is 0 Å². The monoisotopic (exact) mass is 165 g/mol. The molecule has 4 N–H and O–H groups in total. The third-order valence-electron chi connectivity index (χ3n) is 1.85. The Morgan fingerprint density at radius 1 is 1.33 bits per heavy atom. The minimum Gasteiger partial charge on any atom is -0.330 e. The molecule has 1 rings (SSSR count). The fourth-order valence-electron chi connectivity index (χ4n) is 1.12. The zero-order valence-corrected chi connectivity index (χ0v) is 7.11. The summed E-state index contributed by atoms with van der Waals surface area (Å²) in [6.07, 6.45) is 5.44. The largest absolute Gasteiger partial charge is 0.330 e. The molecule has 1 aromatic rings. The van der Waals surface area contributed by atoms with Crippen LogP contribution in [0.15, 0.2) is 24.5 Å². The molecule has 0 aliphatic heterocycles. The fourth-order valence-corrected chi connectivity index (χ4v) is 1.12. The van der Waals surface area contributed by atoms with E-state index in [1.807, 2.05) is 12.1 Å². The topological polar surface area (TPSA) is 64.9 Å². The summed E-state index contributed by atoms with van der Waals surface area (Å²) in [5.41, 5.74) is 12.4. The molecule has 0 saturated carbocycles. The van der Waals surface area contributed by atoms with Crippen LogP contribution in [-0.2, 0) is 0 Å². The number of pyridine rings is 1. The Labute approximate surface area is 72.8 Å². The molecule has 3 nitrogen and oxygen atoms in total. The molecule has 1 atom stereocenters. The van der Waals surface area contributed by atoms with Gasteiger partial charge in [0.15, 0.2) is 0 Å². The van der Waals surface area contributed by atoms with Crippen LogP contribution < -0.4 is 11.5 Å². The first-order valence-corrected chi connectivity index (χ1v) is 4.20. The highest BCUT2D eigenvalue weighted by atomic mass is 14.7. The molecule has 1 unspecified atom stereocenters. The van der Waals surface area contributed by atoms with Crippen LogP contribution >= 0.6 is 0 Å². The molecule has 0 saturated heterocycles. The Balaban J connectivity index is 2.48. The van der Waals surface area contributed by atoms with Crippen LogP contribution in [0.4, 0.5) is 0 Å². The molecule has 12 heavy (non-hydrogen) atoms. The van der Waals surface area contributed by atoms with Gasteiger partial charge in [-0.05, 0) is 37.1 Å². The third-order valence-corrected chi connectivity index (χ3v) is 1.85. The molecule has 0 radical (unpaired) electrons. The summed E-state index contributed by atoms with van der Waals surface area (Å²) in [4.78, 5) is 3.93. The molecule has 0 spiro atoms. The predicted octanol–water partition coefficient (Wildman–Crippen LogP) is 0.820. The van der Waals surface area contributed by atoms with Crippen molar-refractivity contribution < 1.29 is 0 Å². The van der Waals surface area contributed by atoms with E-state index in [-0.39, 0.29) is 6.04 Å². The maximum atomic E-state index is 5.90. The van der Waals surface area contributed by atoms with Crippen LogP contribution in [0.5, 0.6) is 0 Å². The number of aromatic nitrogens is 1. The van der Waals surface area contributed by atoms with Gasteiger partial charge in [-0.25, -0.2) is 0 Å². The predicted molar refractivity (Wildman–Crippen MR) is 49.5 cm³/mol. The van der Waals surface area contributed by atoms with Crippen LogP contribution in [0.25, 0.3) is 0 Å². The standard InChI is InChI=1S/C9H15N3/c10-5-1-2-9(11)8-3-6-12-7-4-8/h3-4,6-7,9H,1-2,5,10-11H2. The molecule has 0 aliphatic rings. The smallest absolute Gasteiger partial charge is 0.0296 e. The quantitative estimate of drug-likeness (QED) is 0.694. The molecule has 1 heterocycles. The van der Waals surface area contributed by atoms with Crippen LogP contribution in [0.1, 0.15) is 24.4 Å². The van der Waals surface area contributed by atoms with Gasteiger partial charge in [0.25, 0.3) is 0 Å². The number of nitrogens with zero attached hydrogens (tertiary/aromatic N) is 1. The molecule has 0 bridgehead atoms. The highest BCUT2D eigenvalue weighted by Crippen LogP contribution is 2.13. The summed E-state index contributed by atoms with van der Waals surface area (Å²) in [5.74, 6) is 0. The van der Waals surface area contributed by atoms with Crippen molar-refractivity contribution in [1.29, 1.82) is 0 Å². The van der Waals surface area contributed by atoms with Crippen molar-refractivity contribution >= 4 is 0 Å². The van der Waals surface area contributed by atoms with Crippen LogP contribution in [-0.4, -0.2) is 11.5 Å². The summed E-state index contributed by atoms with van der Waals surface area (Å²) < 4.78 is 0. The van der Waals surface area contributed by atoms with Gasteiger partial charge < -0.3 is 11.5 Å². The van der Waals surface area contributed by atoms with Crippen LogP contribution in [0, 0.1) is 0 Å². The van der Waals surface area contributed by atoms with Gasteiger partial charge in [0.05, 0.1) is 0 Å². The Kier molecular flexibility index (Phi) is 3.70. The van der Waals surface area contributed by atoms with E-state index >= 15 is 0 Å². The highest BCUT2D eigenvalue weighted by Gasteiger charge is 2.03. The van der Waals surface area contributed by atoms with E-state index in [1.54, 1.807) is 12.4 Å². The van der Waals surface area contributed by atoms with Crippen molar-refractivity contribution in [1.82, 2.24) is 4.98 Å². The SMILES string of the molecule is NCCCC(N)c1ccncc1. The second-order valence-electron chi connectivity index (χ2n) is 2.82. The van der Waals surface area contributed by atoms with E-state index in [0.717, 1.165) is 18.4 Å². The summed E-state index contributed by atoms with van der Waals surface area (Å²) >= 11 is 0. The number of hydrogen-bond acceptors (Lipinski definition) is 3. The molecular formula is C9H15N3. The lowest BCUT2D eigenvalue weighted by Gasteiger charge is -2.09. The van der Waals surface area contributed by atoms with Crippen molar-refractivity contribution in [2.24, 2.45) is 11.5 Å². The van der Waals surface area contributed by atoms with E-state index in [2.05, 4.69) is 4.98 Å². The number of nitrogens with two attached hydrogens (primary N) is 2. The Morgan fingerprint density at radius 2 is 2.00 bits per heavy atom. The van der Waals surface area contributed by atoms with Gasteiger partial charge in [-0.2, -0.15) is 0 Å². The number of hydrogen-bond donors (Lipinski definition) is 2. The molecule has 0 fully saturated rings. The van der Waals surface area contributed by atoms with E-state index in [9.17, 15) is 0 Å². The van der Waals surface area contributed by atoms with Gasteiger partial charge in [0.2, 0.25) is 0 Å². The van der Waals surface area contributed by atoms with E-state index in [0.29, 0.717) is 6.54 Å². The first-order valence-electron chi connectivity index (χ1n) is 4.20. The minimum atomic E-state index is 0.108. The zero-order chi connectivity index (χ0) is 8.81. The molecule has 0 amide bonds. The van der Waals surface area contributed by atoms with Gasteiger partial charge in [-0.1, -0.05) is 0 Å². The van der Waals surface area contributed by atoms with Gasteiger partial charge in [-0.3, -0.25) is 4.98 Å². The molecule has 0 aromatic carbocycles. The second kappa shape index (κ2) is 4.85. The van der Waals surface area contributed by atoms with Crippen molar-refractivity contribution in [3.05, 3.63) is 30.1 Å². The zero-order valence-electron chi connectivity index (χ0n) is 7.11. The van der Waals surface area contributed by atoms with Gasteiger partial charge >= 0.3 is 0 Å². The van der Waals surface area contributed by atoms with Gasteiger partial charge in [0, 0.05) is 18.4 Å². The number of rotatable bonds is 4. The molecule has 0 aliphatic carbocycles. The van der Waals surface area contributed by atoms with E-state index in [1.165, 1.54) is 0 Å². The van der Waals surface area contributed by atoms with Gasteiger partial charge in [0.1, 0.15) is 0 Å². The van der Waals surface area contributed by atoms with Gasteiger partial charge in [-0.15, -0.1) is 0 Å². The maximum Gasteiger partial charge on any atom is 0.0296 e. The molecule has 3 heteroatoms. The Bertz CT molecular complexity index is 210. The van der Waals surface area contributed by atoms with Crippen molar-refractivity contribution in [2.45, 2.75) is 18.9 Å². The first-order chi connectivity index (χ1) is 5.84. The summed E-state index contributed by atoms with van der Waals surface area (Å²) in [7, 11) is 0. The maximum absolute atomic E-state index is 5.90. The normalized spacial score (nSPS) is 12.8. The lowest BCUT2D eigenvalue weighted by atomic mass is 10.0. The first kappa shape index (κ1) is 9.16. The van der Waals surface area contributed by atoms with Crippen LogP contribution in [0.2, 0.25) is 0 Å². The minimum absolute atomic E-state index is 0.108. The summed E-state index contributed by atoms with van der Waals surface area (Å²) in [6.45, 7) is 0.707. The van der Waals surface area contributed by atoms with Crippen molar-refractivity contribution in [3.8, 4) is 0 Å². The molecular weight excluding hydrogens is 150 g/mol. The molecule has 1 aromatic heterocycles. The molecule has 66 valence electrons. The second-order valence-corrected chi connectivity index (χ2v) is 2.82. The highest BCUT2D eigenvalue weighted by molar-refractivity contribution is 5.13. The summed E-state index contributed by atoms with van der Waals surface area (Å²) in [6, 6.07) is 4.00. The Morgan fingerprint density at radius 3 is 2.58 bits per heavy atom. The average molecular weight is 165 g/mol. The lowest BCUT2D eigenvalue weighted by molar-refractivity contribution is 0.617. The average Bonchev–Trinajstić information content (AvgIpc) is 2.15. The summed E-state index contributed by atoms with van der Waals surface area (Å²) in [5, 5.41) is 0. The third kappa shape index (κ3) is 2.60. The van der Waals surface area contributed by atoms with E-state index in [4.69, 9.17) is 11.5 Å². The Hall–Kier alpha value is -0.930. The fraction of sp³-hybridized carbons (Fsp3) is 0.444. The van der Waals surface area contributed by atoms with E-state index < -0.39 is 0 Å². The lowest BCUT2D eigenvalue weighted by Crippen LogP contribution is -2.12. The van der Waals surface area contributed by atoms with Crippen molar-refractivity contribution in [2.75, 3.05) is 6.54 Å². The van der Waals surface area contributed by atoms with Crippen LogP contribution in [0.3, 0.4) is 0 Å².